The van der Waals surface area contributed by atoms with Crippen molar-refractivity contribution < 1.29 is 19.1 Å². The van der Waals surface area contributed by atoms with Gasteiger partial charge in [-0.3, -0.25) is 14.4 Å². The van der Waals surface area contributed by atoms with Crippen LogP contribution in [0.4, 0.5) is 11.4 Å². The Kier molecular flexibility index (Phi) is 3.37. The van der Waals surface area contributed by atoms with Gasteiger partial charge < -0.3 is 21.1 Å². The Bertz CT molecular complexity index is 556. The smallest absolute Gasteiger partial charge is 0.308 e. The maximum atomic E-state index is 12.0. The lowest BCUT2D eigenvalue weighted by molar-refractivity contribution is -0.142. The van der Waals surface area contributed by atoms with Gasteiger partial charge in [-0.05, 0) is 12.1 Å². The average Bonchev–Trinajstić information content (AvgIpc) is 2.48. The van der Waals surface area contributed by atoms with Gasteiger partial charge in [-0.15, -0.1) is 0 Å². The molecule has 2 rings (SSSR count). The first-order chi connectivity index (χ1) is 9.02. The van der Waals surface area contributed by atoms with E-state index in [4.69, 9.17) is 5.73 Å². The number of hydrogen-bond acceptors (Lipinski definition) is 5. The molecule has 1 atom stereocenters. The molecule has 2 amide bonds. The number of hydrogen-bond donors (Lipinski definition) is 3. The lowest BCUT2D eigenvalue weighted by Crippen LogP contribution is -2.42. The zero-order valence-electron chi connectivity index (χ0n) is 10.2. The van der Waals surface area contributed by atoms with Gasteiger partial charge in [0.2, 0.25) is 5.91 Å². The first kappa shape index (κ1) is 12.9. The minimum Gasteiger partial charge on any atom is -0.469 e. The molecule has 1 aliphatic heterocycles. The van der Waals surface area contributed by atoms with E-state index in [1.54, 1.807) is 18.2 Å². The third-order valence-electron chi connectivity index (χ3n) is 2.80. The van der Waals surface area contributed by atoms with Gasteiger partial charge in [0.25, 0.3) is 5.91 Å². The zero-order chi connectivity index (χ0) is 14.0. The predicted octanol–water partition coefficient (Wildman–Crippen LogP) is -0.118. The maximum Gasteiger partial charge on any atom is 0.308 e. The van der Waals surface area contributed by atoms with E-state index in [9.17, 15) is 14.4 Å². The van der Waals surface area contributed by atoms with Gasteiger partial charge in [0.05, 0.1) is 24.8 Å². The van der Waals surface area contributed by atoms with Crippen molar-refractivity contribution in [2.45, 2.75) is 12.5 Å². The first-order valence-corrected chi connectivity index (χ1v) is 5.60. The largest absolute Gasteiger partial charge is 0.469 e. The van der Waals surface area contributed by atoms with Crippen molar-refractivity contribution in [1.82, 2.24) is 5.32 Å². The molecule has 7 heteroatoms. The Labute approximate surface area is 109 Å². The number of fused-ring (bicyclic) bond motifs is 1. The molecule has 0 aromatic heterocycles. The monoisotopic (exact) mass is 263 g/mol. The second kappa shape index (κ2) is 4.97. The van der Waals surface area contributed by atoms with Crippen LogP contribution in [0.25, 0.3) is 0 Å². The van der Waals surface area contributed by atoms with Crippen molar-refractivity contribution in [2.24, 2.45) is 0 Å². The number of benzene rings is 1. The lowest BCUT2D eigenvalue weighted by Gasteiger charge is -2.12. The van der Waals surface area contributed by atoms with Crippen LogP contribution < -0.4 is 16.4 Å². The summed E-state index contributed by atoms with van der Waals surface area (Å²) in [5, 5.41) is 5.02. The highest BCUT2D eigenvalue weighted by Crippen LogP contribution is 2.24. The Morgan fingerprint density at radius 2 is 2.16 bits per heavy atom. The number of carbonyl (C=O) groups is 3. The van der Waals surface area contributed by atoms with Crippen LogP contribution in [-0.2, 0) is 14.3 Å². The number of ether oxygens (including phenoxy) is 1. The normalized spacial score (nSPS) is 17.8. The fourth-order valence-corrected chi connectivity index (χ4v) is 1.84. The molecule has 19 heavy (non-hydrogen) atoms. The number of rotatable bonds is 2. The maximum absolute atomic E-state index is 12.0. The van der Waals surface area contributed by atoms with Crippen molar-refractivity contribution in [3.8, 4) is 0 Å². The van der Waals surface area contributed by atoms with Crippen LogP contribution in [0.2, 0.25) is 0 Å². The van der Waals surface area contributed by atoms with Crippen LogP contribution in [0.1, 0.15) is 16.8 Å². The summed E-state index contributed by atoms with van der Waals surface area (Å²) in [5.41, 5.74) is 6.50. The topological polar surface area (TPSA) is 111 Å². The second-order valence-corrected chi connectivity index (χ2v) is 4.07. The molecular weight excluding hydrogens is 250 g/mol. The summed E-state index contributed by atoms with van der Waals surface area (Å²) in [6.45, 7) is 0. The van der Waals surface area contributed by atoms with Gasteiger partial charge in [-0.25, -0.2) is 0 Å². The zero-order valence-corrected chi connectivity index (χ0v) is 10.2. The fourth-order valence-electron chi connectivity index (χ4n) is 1.84. The number of nitrogens with one attached hydrogen (secondary N) is 2. The molecule has 0 aliphatic carbocycles. The fraction of sp³-hybridized carbons (Fsp3) is 0.250. The van der Waals surface area contributed by atoms with Crippen LogP contribution in [0, 0.1) is 0 Å². The van der Waals surface area contributed by atoms with Crippen LogP contribution >= 0.6 is 0 Å². The van der Waals surface area contributed by atoms with E-state index in [0.717, 1.165) is 0 Å². The molecule has 0 unspecified atom stereocenters. The third kappa shape index (κ3) is 2.49. The number of carbonyl (C=O) groups excluding carboxylic acids is 3. The molecule has 0 spiro atoms. The molecular formula is C12H13N3O4. The minimum atomic E-state index is -0.980. The number of amides is 2. The van der Waals surface area contributed by atoms with Crippen molar-refractivity contribution in [3.05, 3.63) is 23.8 Å². The highest BCUT2D eigenvalue weighted by molar-refractivity contribution is 6.13. The molecule has 1 aliphatic rings. The Morgan fingerprint density at radius 1 is 1.42 bits per heavy atom. The van der Waals surface area contributed by atoms with Gasteiger partial charge in [0.1, 0.15) is 6.04 Å². The molecule has 0 bridgehead atoms. The average molecular weight is 263 g/mol. The molecule has 7 nitrogen and oxygen atoms in total. The number of nitrogens with two attached hydrogens (primary N) is 1. The molecule has 0 fully saturated rings. The second-order valence-electron chi connectivity index (χ2n) is 4.07. The summed E-state index contributed by atoms with van der Waals surface area (Å²) in [7, 11) is 1.21. The van der Waals surface area contributed by atoms with Crippen LogP contribution in [0.15, 0.2) is 18.2 Å². The summed E-state index contributed by atoms with van der Waals surface area (Å²) < 4.78 is 4.48. The molecule has 1 aromatic rings. The highest BCUT2D eigenvalue weighted by atomic mass is 16.5. The summed E-state index contributed by atoms with van der Waals surface area (Å²) in [5.74, 6) is -1.57. The molecule has 0 saturated heterocycles. The SMILES string of the molecule is COC(=O)C[C@H]1NC(=O)c2c(N)cccc2NC1=O. The third-order valence-corrected chi connectivity index (χ3v) is 2.80. The predicted molar refractivity (Wildman–Crippen MR) is 67.4 cm³/mol. The van der Waals surface area contributed by atoms with Gasteiger partial charge in [-0.2, -0.15) is 0 Å². The Hall–Kier alpha value is -2.57. The van der Waals surface area contributed by atoms with Crippen LogP contribution in [-0.4, -0.2) is 30.9 Å². The van der Waals surface area contributed by atoms with Gasteiger partial charge >= 0.3 is 5.97 Å². The van der Waals surface area contributed by atoms with E-state index < -0.39 is 23.8 Å². The standard InChI is InChI=1S/C12H13N3O4/c1-19-9(16)5-8-11(17)14-7-4-2-3-6(13)10(7)12(18)15-8/h2-4,8H,5,13H2,1H3,(H,14,17)(H,15,18)/t8-/m1/s1. The van der Waals surface area contributed by atoms with Crippen LogP contribution in [0.3, 0.4) is 0 Å². The molecule has 1 aromatic carbocycles. The van der Waals surface area contributed by atoms with Crippen molar-refractivity contribution in [1.29, 1.82) is 0 Å². The lowest BCUT2D eigenvalue weighted by atomic mass is 10.1. The highest BCUT2D eigenvalue weighted by Gasteiger charge is 2.30. The first-order valence-electron chi connectivity index (χ1n) is 5.60. The van der Waals surface area contributed by atoms with Crippen LogP contribution in [0.5, 0.6) is 0 Å². The summed E-state index contributed by atoms with van der Waals surface area (Å²) >= 11 is 0. The van der Waals surface area contributed by atoms with E-state index >= 15 is 0 Å². The molecule has 0 saturated carbocycles. The number of esters is 1. The van der Waals surface area contributed by atoms with E-state index in [1.165, 1.54) is 7.11 Å². The molecule has 1 heterocycles. The summed E-state index contributed by atoms with van der Waals surface area (Å²) in [4.78, 5) is 35.1. The van der Waals surface area contributed by atoms with Crippen molar-refractivity contribution >= 4 is 29.2 Å². The van der Waals surface area contributed by atoms with Crippen molar-refractivity contribution in [3.63, 3.8) is 0 Å². The summed E-state index contributed by atoms with van der Waals surface area (Å²) in [6.07, 6.45) is -0.234. The van der Waals surface area contributed by atoms with Crippen molar-refractivity contribution in [2.75, 3.05) is 18.2 Å². The molecule has 0 radical (unpaired) electrons. The van der Waals surface area contributed by atoms with E-state index in [2.05, 4.69) is 15.4 Å². The Balaban J connectivity index is 2.31. The van der Waals surface area contributed by atoms with Gasteiger partial charge in [0, 0.05) is 5.69 Å². The van der Waals surface area contributed by atoms with E-state index in [-0.39, 0.29) is 17.7 Å². The van der Waals surface area contributed by atoms with Gasteiger partial charge in [-0.1, -0.05) is 6.07 Å². The number of anilines is 2. The van der Waals surface area contributed by atoms with E-state index in [1.807, 2.05) is 0 Å². The number of nitrogen functional groups attached to an aromatic ring is 1. The summed E-state index contributed by atoms with van der Waals surface area (Å²) in [6, 6.07) is 3.78. The molecule has 4 N–H and O–H groups in total. The number of methoxy groups -OCH3 is 1. The molecule has 100 valence electrons. The minimum absolute atomic E-state index is 0.197. The quantitative estimate of drug-likeness (QED) is 0.509. The Morgan fingerprint density at radius 3 is 2.84 bits per heavy atom. The van der Waals surface area contributed by atoms with Gasteiger partial charge in [0.15, 0.2) is 0 Å². The van der Waals surface area contributed by atoms with E-state index in [0.29, 0.717) is 5.69 Å².